The number of hydrogen-bond donors (Lipinski definition) is 0. The summed E-state index contributed by atoms with van der Waals surface area (Å²) in [5.41, 5.74) is 0.565. The number of amides is 1. The minimum atomic E-state index is -4.21. The molecule has 0 N–H and O–H groups in total. The first-order valence-corrected chi connectivity index (χ1v) is 7.50. The van der Waals surface area contributed by atoms with Crippen molar-refractivity contribution in [1.82, 2.24) is 9.80 Å². The van der Waals surface area contributed by atoms with Crippen LogP contribution >= 0.6 is 0 Å². The van der Waals surface area contributed by atoms with Crippen LogP contribution in [0.2, 0.25) is 0 Å². The quantitative estimate of drug-likeness (QED) is 0.779. The van der Waals surface area contributed by atoms with Gasteiger partial charge in [0, 0.05) is 44.6 Å². The van der Waals surface area contributed by atoms with Gasteiger partial charge in [0.25, 0.3) is 0 Å². The number of Topliss-reactive ketones (excluding diaryl/α,β-unsaturated/α-hetero) is 1. The number of halogens is 3. The van der Waals surface area contributed by atoms with Crippen LogP contribution in [0.15, 0.2) is 30.3 Å². The Morgan fingerprint density at radius 1 is 0.957 bits per heavy atom. The molecular formula is C16H19F3N2O2. The summed E-state index contributed by atoms with van der Waals surface area (Å²) in [6.45, 7) is 0.0141. The molecule has 0 bridgehead atoms. The van der Waals surface area contributed by atoms with Gasteiger partial charge in [-0.3, -0.25) is 14.5 Å². The normalized spacial score (nSPS) is 16.4. The Morgan fingerprint density at radius 3 is 2.13 bits per heavy atom. The van der Waals surface area contributed by atoms with Gasteiger partial charge in [-0.05, 0) is 0 Å². The summed E-state index contributed by atoms with van der Waals surface area (Å²) in [5, 5.41) is 0. The van der Waals surface area contributed by atoms with E-state index in [4.69, 9.17) is 0 Å². The third kappa shape index (κ3) is 5.67. The molecule has 23 heavy (non-hydrogen) atoms. The van der Waals surface area contributed by atoms with E-state index in [0.29, 0.717) is 5.56 Å². The van der Waals surface area contributed by atoms with E-state index in [0.717, 1.165) is 0 Å². The summed E-state index contributed by atoms with van der Waals surface area (Å²) in [6.07, 6.45) is -4.01. The first kappa shape index (κ1) is 17.5. The lowest BCUT2D eigenvalue weighted by molar-refractivity contribution is -0.151. The largest absolute Gasteiger partial charge is 0.401 e. The molecular weight excluding hydrogens is 309 g/mol. The second kappa shape index (κ2) is 7.59. The number of nitrogens with zero attached hydrogens (tertiary/aromatic N) is 2. The predicted octanol–water partition coefficient (Wildman–Crippen LogP) is 2.36. The molecule has 126 valence electrons. The maximum Gasteiger partial charge on any atom is 0.401 e. The SMILES string of the molecule is O=C(CCC(=O)N1CCN(CC(F)(F)F)CC1)c1ccccc1. The number of carbonyl (C=O) groups excluding carboxylic acids is 2. The fourth-order valence-electron chi connectivity index (χ4n) is 2.56. The standard InChI is InChI=1S/C16H19F3N2O2/c17-16(18,19)12-20-8-10-21(11-9-20)15(23)7-6-14(22)13-4-2-1-3-5-13/h1-5H,6-12H2. The smallest absolute Gasteiger partial charge is 0.340 e. The minimum Gasteiger partial charge on any atom is -0.340 e. The molecule has 0 radical (unpaired) electrons. The molecule has 1 heterocycles. The van der Waals surface area contributed by atoms with Crippen LogP contribution in [-0.2, 0) is 4.79 Å². The summed E-state index contributed by atoms with van der Waals surface area (Å²) < 4.78 is 36.9. The lowest BCUT2D eigenvalue weighted by Gasteiger charge is -2.35. The van der Waals surface area contributed by atoms with Crippen LogP contribution in [0.1, 0.15) is 23.2 Å². The number of ketones is 1. The van der Waals surface area contributed by atoms with Gasteiger partial charge in [-0.1, -0.05) is 30.3 Å². The minimum absolute atomic E-state index is 0.0903. The zero-order valence-electron chi connectivity index (χ0n) is 12.7. The van der Waals surface area contributed by atoms with Gasteiger partial charge in [-0.2, -0.15) is 13.2 Å². The maximum atomic E-state index is 12.3. The first-order chi connectivity index (χ1) is 10.8. The lowest BCUT2D eigenvalue weighted by Crippen LogP contribution is -2.50. The van der Waals surface area contributed by atoms with Crippen molar-refractivity contribution in [3.8, 4) is 0 Å². The summed E-state index contributed by atoms with van der Waals surface area (Å²) in [4.78, 5) is 26.8. The highest BCUT2D eigenvalue weighted by atomic mass is 19.4. The van der Waals surface area contributed by atoms with Gasteiger partial charge in [0.2, 0.25) is 5.91 Å². The highest BCUT2D eigenvalue weighted by Crippen LogP contribution is 2.18. The van der Waals surface area contributed by atoms with E-state index in [1.54, 1.807) is 24.3 Å². The van der Waals surface area contributed by atoms with E-state index in [1.165, 1.54) is 9.80 Å². The van der Waals surface area contributed by atoms with Crippen molar-refractivity contribution in [3.05, 3.63) is 35.9 Å². The Labute approximate surface area is 132 Å². The van der Waals surface area contributed by atoms with Crippen molar-refractivity contribution in [1.29, 1.82) is 0 Å². The fourth-order valence-corrected chi connectivity index (χ4v) is 2.56. The summed E-state index contributed by atoms with van der Waals surface area (Å²) in [5.74, 6) is -0.282. The van der Waals surface area contributed by atoms with Crippen LogP contribution in [0.3, 0.4) is 0 Å². The highest BCUT2D eigenvalue weighted by molar-refractivity contribution is 5.97. The van der Waals surface area contributed by atoms with Gasteiger partial charge in [0.1, 0.15) is 0 Å². The van der Waals surface area contributed by atoms with E-state index in [1.807, 2.05) is 6.07 Å². The van der Waals surface area contributed by atoms with Gasteiger partial charge < -0.3 is 4.90 Å². The Balaban J connectivity index is 1.74. The molecule has 0 unspecified atom stereocenters. The molecule has 2 rings (SSSR count). The number of hydrogen-bond acceptors (Lipinski definition) is 3. The van der Waals surface area contributed by atoms with E-state index in [2.05, 4.69) is 0 Å². The average Bonchev–Trinajstić information content (AvgIpc) is 2.52. The van der Waals surface area contributed by atoms with E-state index < -0.39 is 12.7 Å². The molecule has 0 aromatic heterocycles. The number of benzene rings is 1. The van der Waals surface area contributed by atoms with Crippen LogP contribution in [-0.4, -0.2) is 60.4 Å². The van der Waals surface area contributed by atoms with Gasteiger partial charge in [0.15, 0.2) is 5.78 Å². The van der Waals surface area contributed by atoms with Crippen LogP contribution in [0, 0.1) is 0 Å². The zero-order valence-corrected chi connectivity index (χ0v) is 12.7. The topological polar surface area (TPSA) is 40.6 Å². The molecule has 0 atom stereocenters. The molecule has 1 aromatic carbocycles. The maximum absolute atomic E-state index is 12.3. The van der Waals surface area contributed by atoms with Crippen LogP contribution in [0.4, 0.5) is 13.2 Å². The number of alkyl halides is 3. The zero-order chi connectivity index (χ0) is 16.9. The Bertz CT molecular complexity index is 538. The molecule has 0 aliphatic carbocycles. The van der Waals surface area contributed by atoms with Crippen molar-refractivity contribution >= 4 is 11.7 Å². The predicted molar refractivity (Wildman–Crippen MR) is 79.1 cm³/mol. The molecule has 7 heteroatoms. The number of rotatable bonds is 5. The van der Waals surface area contributed by atoms with Gasteiger partial charge >= 0.3 is 6.18 Å². The van der Waals surface area contributed by atoms with Crippen molar-refractivity contribution in [2.75, 3.05) is 32.7 Å². The Morgan fingerprint density at radius 2 is 1.57 bits per heavy atom. The van der Waals surface area contributed by atoms with E-state index >= 15 is 0 Å². The van der Waals surface area contributed by atoms with Crippen LogP contribution in [0.5, 0.6) is 0 Å². The first-order valence-electron chi connectivity index (χ1n) is 7.50. The third-order valence-corrected chi connectivity index (χ3v) is 3.79. The second-order valence-electron chi connectivity index (χ2n) is 5.56. The molecule has 1 aromatic rings. The molecule has 1 amide bonds. The van der Waals surface area contributed by atoms with Gasteiger partial charge in [-0.15, -0.1) is 0 Å². The van der Waals surface area contributed by atoms with E-state index in [9.17, 15) is 22.8 Å². The fraction of sp³-hybridized carbons (Fsp3) is 0.500. The van der Waals surface area contributed by atoms with Crippen LogP contribution in [0.25, 0.3) is 0 Å². The monoisotopic (exact) mass is 328 g/mol. The summed E-state index contributed by atoms with van der Waals surface area (Å²) in [6, 6.07) is 8.72. The molecule has 1 saturated heterocycles. The average molecular weight is 328 g/mol. The van der Waals surface area contributed by atoms with Crippen molar-refractivity contribution in [2.24, 2.45) is 0 Å². The van der Waals surface area contributed by atoms with Crippen LogP contribution < -0.4 is 0 Å². The summed E-state index contributed by atoms with van der Waals surface area (Å²) in [7, 11) is 0. The molecule has 0 spiro atoms. The van der Waals surface area contributed by atoms with E-state index in [-0.39, 0.29) is 50.7 Å². The highest BCUT2D eigenvalue weighted by Gasteiger charge is 2.32. The Kier molecular flexibility index (Phi) is 5.76. The number of piperazine rings is 1. The van der Waals surface area contributed by atoms with Crippen molar-refractivity contribution in [3.63, 3.8) is 0 Å². The number of carbonyl (C=O) groups is 2. The Hall–Kier alpha value is -1.89. The molecule has 1 aliphatic rings. The molecule has 1 aliphatic heterocycles. The molecule has 1 fully saturated rings. The van der Waals surface area contributed by atoms with Crippen molar-refractivity contribution in [2.45, 2.75) is 19.0 Å². The lowest BCUT2D eigenvalue weighted by atomic mass is 10.1. The summed E-state index contributed by atoms with van der Waals surface area (Å²) >= 11 is 0. The van der Waals surface area contributed by atoms with Gasteiger partial charge in [-0.25, -0.2) is 0 Å². The second-order valence-corrected chi connectivity index (χ2v) is 5.56. The van der Waals surface area contributed by atoms with Gasteiger partial charge in [0.05, 0.1) is 6.54 Å². The van der Waals surface area contributed by atoms with Crippen molar-refractivity contribution < 1.29 is 22.8 Å². The third-order valence-electron chi connectivity index (χ3n) is 3.79. The molecule has 4 nitrogen and oxygen atoms in total. The molecule has 0 saturated carbocycles.